The summed E-state index contributed by atoms with van der Waals surface area (Å²) < 4.78 is 56.0. The van der Waals surface area contributed by atoms with Crippen molar-refractivity contribution in [2.45, 2.75) is 47.6 Å². The highest BCUT2D eigenvalue weighted by Gasteiger charge is 2.46. The van der Waals surface area contributed by atoms with Crippen LogP contribution in [-0.2, 0) is 9.84 Å². The lowest BCUT2D eigenvalue weighted by atomic mass is 10.0. The Morgan fingerprint density at radius 3 is 2.33 bits per heavy atom. The number of fused-ring (bicyclic) bond motifs is 1. The zero-order valence-corrected chi connectivity index (χ0v) is 26.0. The number of para-hydroxylation sites is 1. The second kappa shape index (κ2) is 12.9. The number of halogens is 1. The second-order valence-corrected chi connectivity index (χ2v) is 15.3. The summed E-state index contributed by atoms with van der Waals surface area (Å²) in [6.07, 6.45) is 3.74. The van der Waals surface area contributed by atoms with Crippen LogP contribution < -0.4 is 9.64 Å². The first-order valence-electron chi connectivity index (χ1n) is 14.3. The van der Waals surface area contributed by atoms with Crippen LogP contribution in [0.25, 0.3) is 0 Å². The van der Waals surface area contributed by atoms with Gasteiger partial charge in [-0.15, -0.1) is 0 Å². The van der Waals surface area contributed by atoms with Gasteiger partial charge in [0.25, 0.3) is 5.91 Å². The number of unbranched alkanes of at least 4 members (excludes halogenated alkanes) is 3. The summed E-state index contributed by atoms with van der Waals surface area (Å²) in [5.41, 5.74) is 1.34. The number of anilines is 1. The van der Waals surface area contributed by atoms with Crippen LogP contribution in [0.4, 0.5) is 5.69 Å². The summed E-state index contributed by atoms with van der Waals surface area (Å²) in [6.45, 7) is 4.44. The second-order valence-electron chi connectivity index (χ2n) is 10.7. The van der Waals surface area contributed by atoms with E-state index >= 15 is 0 Å². The molecule has 0 aromatic heterocycles. The number of nitrogens with zero attached hydrogens (tertiary/aromatic N) is 2. The molecule has 3 aromatic carbocycles. The summed E-state index contributed by atoms with van der Waals surface area (Å²) in [6, 6.07) is 18.6. The zero-order valence-electron chi connectivity index (χ0n) is 23.6. The Labute approximate surface area is 254 Å². The Hall–Kier alpha value is -2.76. The van der Waals surface area contributed by atoms with Gasteiger partial charge < -0.3 is 14.5 Å². The minimum atomic E-state index is -4.02. The van der Waals surface area contributed by atoms with Gasteiger partial charge in [0.2, 0.25) is 0 Å². The van der Waals surface area contributed by atoms with Gasteiger partial charge >= 0.3 is 0 Å². The Bertz CT molecular complexity index is 1530. The summed E-state index contributed by atoms with van der Waals surface area (Å²) in [7, 11) is -7.44. The van der Waals surface area contributed by atoms with Gasteiger partial charge in [0.15, 0.2) is 9.84 Å². The van der Waals surface area contributed by atoms with Crippen LogP contribution in [0.3, 0.4) is 0 Å². The maximum absolute atomic E-state index is 14.0. The predicted octanol–water partition coefficient (Wildman–Crippen LogP) is 6.90. The maximum atomic E-state index is 14.0. The van der Waals surface area contributed by atoms with Gasteiger partial charge in [0, 0.05) is 31.7 Å². The molecule has 1 saturated heterocycles. The molecule has 1 unspecified atom stereocenters. The van der Waals surface area contributed by atoms with E-state index in [0.29, 0.717) is 31.2 Å². The predicted molar refractivity (Wildman–Crippen MR) is 168 cm³/mol. The number of ether oxygens (including phenoxy) is 1. The molecule has 42 heavy (non-hydrogen) atoms. The summed E-state index contributed by atoms with van der Waals surface area (Å²) in [4.78, 5) is 18.1. The molecule has 2 N–H and O–H groups in total. The minimum absolute atomic E-state index is 0.0828. The molecule has 0 radical (unpaired) electrons. The van der Waals surface area contributed by atoms with Gasteiger partial charge in [0.05, 0.1) is 38.4 Å². The molecule has 0 spiro atoms. The molecule has 1 atom stereocenters. The van der Waals surface area contributed by atoms with E-state index in [2.05, 4.69) is 11.8 Å². The summed E-state index contributed by atoms with van der Waals surface area (Å²) in [5, 5.41) is -0.602. The maximum Gasteiger partial charge on any atom is 0.257 e. The third-order valence-electron chi connectivity index (χ3n) is 7.90. The lowest BCUT2D eigenvalue weighted by Gasteiger charge is -2.37. The normalized spacial score (nSPS) is 18.9. The molecule has 8 nitrogen and oxygen atoms in total. The van der Waals surface area contributed by atoms with Crippen LogP contribution in [0.5, 0.6) is 5.75 Å². The van der Waals surface area contributed by atoms with E-state index in [9.17, 15) is 22.3 Å². The van der Waals surface area contributed by atoms with Crippen molar-refractivity contribution in [2.24, 2.45) is 0 Å². The fraction of sp³-hybridized carbons (Fsp3) is 0.387. The molecule has 226 valence electrons. The van der Waals surface area contributed by atoms with Crippen molar-refractivity contribution in [3.8, 4) is 5.75 Å². The number of rotatable bonds is 10. The number of benzene rings is 3. The summed E-state index contributed by atoms with van der Waals surface area (Å²) in [5.74, 6) is -0.510. The van der Waals surface area contributed by atoms with Gasteiger partial charge in [-0.25, -0.2) is 8.42 Å². The van der Waals surface area contributed by atoms with Crippen LogP contribution in [-0.4, -0.2) is 66.9 Å². The number of hydrogen-bond acceptors (Lipinski definition) is 7. The number of carbonyl (C=O) groups is 1. The number of carbonyl (C=O) groups excluding carboxylic acids is 1. The van der Waals surface area contributed by atoms with Crippen LogP contribution in [0.2, 0.25) is 5.02 Å². The van der Waals surface area contributed by atoms with E-state index in [1.807, 2.05) is 24.3 Å². The first-order chi connectivity index (χ1) is 20.1. The molecule has 0 bridgehead atoms. The van der Waals surface area contributed by atoms with Gasteiger partial charge in [0.1, 0.15) is 11.0 Å². The number of piperazine rings is 1. The minimum Gasteiger partial charge on any atom is -0.492 e. The average Bonchev–Trinajstić information content (AvgIpc) is 3.29. The van der Waals surface area contributed by atoms with E-state index in [1.165, 1.54) is 18.2 Å². The van der Waals surface area contributed by atoms with E-state index in [1.54, 1.807) is 29.2 Å². The van der Waals surface area contributed by atoms with E-state index < -0.39 is 25.7 Å². The third kappa shape index (κ3) is 6.14. The van der Waals surface area contributed by atoms with Crippen LogP contribution in [0.1, 0.15) is 53.8 Å². The first kappa shape index (κ1) is 30.7. The zero-order chi connectivity index (χ0) is 29.9. The molecule has 11 heteroatoms. The van der Waals surface area contributed by atoms with Crippen LogP contribution in [0.15, 0.2) is 76.5 Å². The van der Waals surface area contributed by atoms with Gasteiger partial charge in [-0.05, 0) is 42.8 Å². The molecule has 1 fully saturated rings. The van der Waals surface area contributed by atoms with Crippen molar-refractivity contribution in [2.75, 3.05) is 43.4 Å². The lowest BCUT2D eigenvalue weighted by molar-refractivity contribution is 0.0741. The van der Waals surface area contributed by atoms with Crippen LogP contribution >= 0.6 is 22.2 Å². The first-order valence-corrected chi connectivity index (χ1v) is 17.9. The lowest BCUT2D eigenvalue weighted by Crippen LogP contribution is -2.49. The molecule has 0 aliphatic carbocycles. The van der Waals surface area contributed by atoms with E-state index in [4.69, 9.17) is 16.3 Å². The molecule has 5 rings (SSSR count). The largest absolute Gasteiger partial charge is 0.492 e. The molecule has 1 amide bonds. The number of amides is 1. The van der Waals surface area contributed by atoms with E-state index in [-0.39, 0.29) is 44.9 Å². The Morgan fingerprint density at radius 1 is 0.952 bits per heavy atom. The number of sulfone groups is 1. The van der Waals surface area contributed by atoms with Gasteiger partial charge in [-0.1, -0.05) is 68.1 Å². The number of hydrogen-bond donors (Lipinski definition) is 2. The molecular formula is C31H37ClN2O6S2. The van der Waals surface area contributed by atoms with Crippen molar-refractivity contribution >= 4 is 43.6 Å². The monoisotopic (exact) mass is 632 g/mol. The van der Waals surface area contributed by atoms with Crippen molar-refractivity contribution in [1.82, 2.24) is 4.90 Å². The Morgan fingerprint density at radius 2 is 1.64 bits per heavy atom. The molecular weight excluding hydrogens is 596 g/mol. The smallest absolute Gasteiger partial charge is 0.257 e. The highest BCUT2D eigenvalue weighted by Crippen LogP contribution is 2.63. The highest BCUT2D eigenvalue weighted by molar-refractivity contribution is 8.25. The van der Waals surface area contributed by atoms with Crippen molar-refractivity contribution in [1.29, 1.82) is 0 Å². The highest BCUT2D eigenvalue weighted by atomic mass is 35.5. The fourth-order valence-electron chi connectivity index (χ4n) is 5.63. The molecule has 2 heterocycles. The van der Waals surface area contributed by atoms with Gasteiger partial charge in [-0.2, -0.15) is 10.6 Å². The quantitative estimate of drug-likeness (QED) is 0.234. The Kier molecular flexibility index (Phi) is 9.39. The average molecular weight is 633 g/mol. The SMILES string of the molecule is CCCCCCOc1c(C(=O)N2CCN(c3ccccc3Cl)CC2)ccc2c1C(S(=O)(=O)c1ccccc1)CS2(O)O. The van der Waals surface area contributed by atoms with Crippen LogP contribution in [0, 0.1) is 0 Å². The Balaban J connectivity index is 1.49. The standard InChI is InChI=1S/C31H37ClN2O6S2/c1-2-3-4-10-21-40-30-24(31(35)34-19-17-33(18-20-34)26-14-9-8-13-25(26)32)15-16-27-29(30)28(22-41(27,36)37)42(38,39)23-11-6-5-7-12-23/h5-9,11-16,28,36-37H,2-4,10,17-22H2,1H3. The molecule has 3 aromatic rings. The fourth-order valence-corrected chi connectivity index (χ4v) is 10.3. The molecule has 2 aliphatic rings. The molecule has 2 aliphatic heterocycles. The summed E-state index contributed by atoms with van der Waals surface area (Å²) >= 11 is 6.40. The van der Waals surface area contributed by atoms with Crippen molar-refractivity contribution in [3.05, 3.63) is 82.9 Å². The molecule has 0 saturated carbocycles. The van der Waals surface area contributed by atoms with E-state index in [0.717, 1.165) is 31.4 Å². The van der Waals surface area contributed by atoms with Crippen molar-refractivity contribution in [3.63, 3.8) is 0 Å². The van der Waals surface area contributed by atoms with Crippen molar-refractivity contribution < 1.29 is 27.1 Å². The third-order valence-corrected chi connectivity index (χ3v) is 12.4. The van der Waals surface area contributed by atoms with Gasteiger partial charge in [-0.3, -0.25) is 13.9 Å². The topological polar surface area (TPSA) is 107 Å².